The van der Waals surface area contributed by atoms with Crippen LogP contribution in [0, 0.1) is 0 Å². The molecule has 0 amide bonds. The molecule has 0 heterocycles. The van der Waals surface area contributed by atoms with Crippen LogP contribution < -0.4 is 0 Å². The van der Waals surface area contributed by atoms with E-state index in [2.05, 4.69) is 23.3 Å². The van der Waals surface area contributed by atoms with Crippen LogP contribution in [0.2, 0.25) is 0 Å². The van der Waals surface area contributed by atoms with Gasteiger partial charge in [-0.15, -0.1) is 0 Å². The Balaban J connectivity index is 3.20. The summed E-state index contributed by atoms with van der Waals surface area (Å²) in [4.78, 5) is 7.80. The average Bonchev–Trinajstić information content (AvgIpc) is 2.15. The summed E-state index contributed by atoms with van der Waals surface area (Å²) < 4.78 is 0. The summed E-state index contributed by atoms with van der Waals surface area (Å²) >= 11 is 0. The van der Waals surface area contributed by atoms with E-state index in [4.69, 9.17) is 0 Å². The van der Waals surface area contributed by atoms with Gasteiger partial charge in [0.1, 0.15) is 5.75 Å². The zero-order valence-corrected chi connectivity index (χ0v) is 8.07. The number of hydrogen-bond acceptors (Lipinski definition) is 2. The molecule has 0 atom stereocenters. The van der Waals surface area contributed by atoms with Crippen molar-refractivity contribution in [2.45, 2.75) is 6.92 Å². The van der Waals surface area contributed by atoms with Crippen LogP contribution >= 0.6 is 0 Å². The highest BCUT2D eigenvalue weighted by atomic mass is 16.3. The Morgan fingerprint density at radius 2 is 2.00 bits per heavy atom. The predicted octanol–water partition coefficient (Wildman–Crippen LogP) is 2.37. The van der Waals surface area contributed by atoms with Crippen LogP contribution in [-0.4, -0.2) is 17.7 Å². The predicted molar refractivity (Wildman–Crippen MR) is 59.0 cm³/mol. The van der Waals surface area contributed by atoms with Gasteiger partial charge in [-0.2, -0.15) is 0 Å². The smallest absolute Gasteiger partial charge is 0.162 e. The van der Waals surface area contributed by atoms with Gasteiger partial charge in [0.25, 0.3) is 0 Å². The van der Waals surface area contributed by atoms with E-state index in [9.17, 15) is 5.11 Å². The van der Waals surface area contributed by atoms with E-state index in [1.54, 1.807) is 31.2 Å². The summed E-state index contributed by atoms with van der Waals surface area (Å²) in [5, 5.41) is 9.53. The molecule has 0 fully saturated rings. The van der Waals surface area contributed by atoms with Crippen molar-refractivity contribution in [2.75, 3.05) is 0 Å². The molecule has 1 N–H and O–H groups in total. The fourth-order valence-electron chi connectivity index (χ4n) is 1.02. The van der Waals surface area contributed by atoms with Crippen LogP contribution in [0.5, 0.6) is 5.75 Å². The van der Waals surface area contributed by atoms with Gasteiger partial charge in [-0.05, 0) is 25.8 Å². The highest BCUT2D eigenvalue weighted by molar-refractivity contribution is 6.03. The molecule has 1 aromatic carbocycles. The Hall–Kier alpha value is -1.90. The summed E-state index contributed by atoms with van der Waals surface area (Å²) in [6.45, 7) is 8.79. The number of hydrogen-bond donors (Lipinski definition) is 1. The number of phenolic OH excluding ortho intramolecular Hbond substituents is 1. The molecule has 0 bridgehead atoms. The standard InChI is InChI=1S/C11H12N2O/c1-8(2)13-11(12-3)9-6-4-5-7-10(9)14/h4-7,14H,1,3H2,2H3. The molecule has 0 aromatic heterocycles. The summed E-state index contributed by atoms with van der Waals surface area (Å²) in [5.41, 5.74) is 1.18. The summed E-state index contributed by atoms with van der Waals surface area (Å²) in [6, 6.07) is 6.84. The van der Waals surface area contributed by atoms with Crippen molar-refractivity contribution in [3.63, 3.8) is 0 Å². The quantitative estimate of drug-likeness (QED) is 0.562. The third-order valence-corrected chi connectivity index (χ3v) is 1.59. The second-order valence-electron chi connectivity index (χ2n) is 2.85. The molecular formula is C11H12N2O. The average molecular weight is 188 g/mol. The normalized spacial score (nSPS) is 11.1. The number of allylic oxidation sites excluding steroid dienone is 1. The number of nitrogens with zero attached hydrogens (tertiary/aromatic N) is 2. The number of amidine groups is 1. The van der Waals surface area contributed by atoms with Crippen molar-refractivity contribution in [2.24, 2.45) is 9.98 Å². The lowest BCUT2D eigenvalue weighted by Crippen LogP contribution is -1.96. The van der Waals surface area contributed by atoms with Crippen molar-refractivity contribution in [3.05, 3.63) is 42.1 Å². The molecule has 72 valence electrons. The molecule has 3 nitrogen and oxygen atoms in total. The first kappa shape index (κ1) is 10.2. The van der Waals surface area contributed by atoms with E-state index in [0.29, 0.717) is 17.1 Å². The first-order valence-electron chi connectivity index (χ1n) is 4.14. The van der Waals surface area contributed by atoms with Crippen molar-refractivity contribution >= 4 is 12.6 Å². The molecule has 14 heavy (non-hydrogen) atoms. The SMILES string of the molecule is C=NC(=NC(=C)C)c1ccccc1O. The van der Waals surface area contributed by atoms with E-state index in [0.717, 1.165) is 0 Å². The van der Waals surface area contributed by atoms with Crippen LogP contribution in [0.15, 0.2) is 46.5 Å². The highest BCUT2D eigenvalue weighted by Crippen LogP contribution is 2.17. The zero-order valence-electron chi connectivity index (χ0n) is 8.07. The Bertz CT molecular complexity index is 394. The summed E-state index contributed by atoms with van der Waals surface area (Å²) in [6.07, 6.45) is 0. The second kappa shape index (κ2) is 4.37. The Morgan fingerprint density at radius 3 is 2.50 bits per heavy atom. The Labute approximate surface area is 83.2 Å². The molecule has 0 saturated carbocycles. The molecular weight excluding hydrogens is 176 g/mol. The molecule has 0 aliphatic heterocycles. The number of phenols is 1. The molecule has 0 aliphatic carbocycles. The molecule has 1 rings (SSSR count). The van der Waals surface area contributed by atoms with E-state index in [1.165, 1.54) is 0 Å². The van der Waals surface area contributed by atoms with Gasteiger partial charge in [0.2, 0.25) is 0 Å². The van der Waals surface area contributed by atoms with Crippen molar-refractivity contribution < 1.29 is 5.11 Å². The molecule has 1 aromatic rings. The topological polar surface area (TPSA) is 45.0 Å². The highest BCUT2D eigenvalue weighted by Gasteiger charge is 2.05. The van der Waals surface area contributed by atoms with E-state index in [1.807, 2.05) is 0 Å². The maximum absolute atomic E-state index is 9.53. The number of para-hydroxylation sites is 1. The summed E-state index contributed by atoms with van der Waals surface area (Å²) in [5.74, 6) is 0.524. The van der Waals surface area contributed by atoms with Crippen LogP contribution in [0.1, 0.15) is 12.5 Å². The minimum Gasteiger partial charge on any atom is -0.507 e. The van der Waals surface area contributed by atoms with Gasteiger partial charge in [0.15, 0.2) is 5.84 Å². The van der Waals surface area contributed by atoms with E-state index in [-0.39, 0.29) is 5.75 Å². The first-order valence-corrected chi connectivity index (χ1v) is 4.14. The van der Waals surface area contributed by atoms with E-state index >= 15 is 0 Å². The molecule has 0 spiro atoms. The lowest BCUT2D eigenvalue weighted by Gasteiger charge is -2.02. The van der Waals surface area contributed by atoms with Gasteiger partial charge in [0, 0.05) is 5.70 Å². The second-order valence-corrected chi connectivity index (χ2v) is 2.85. The third kappa shape index (κ3) is 2.29. The van der Waals surface area contributed by atoms with Crippen LogP contribution in [0.4, 0.5) is 0 Å². The molecule has 0 unspecified atom stereocenters. The Morgan fingerprint density at radius 1 is 1.36 bits per heavy atom. The van der Waals surface area contributed by atoms with Gasteiger partial charge < -0.3 is 5.11 Å². The molecule has 0 saturated heterocycles. The van der Waals surface area contributed by atoms with Crippen molar-refractivity contribution in [3.8, 4) is 5.75 Å². The molecule has 3 heteroatoms. The molecule has 0 radical (unpaired) electrons. The largest absolute Gasteiger partial charge is 0.507 e. The summed E-state index contributed by atoms with van der Waals surface area (Å²) in [7, 11) is 0. The van der Waals surface area contributed by atoms with Crippen molar-refractivity contribution in [1.29, 1.82) is 0 Å². The number of aromatic hydroxyl groups is 1. The lowest BCUT2D eigenvalue weighted by molar-refractivity contribution is 0.474. The van der Waals surface area contributed by atoms with Crippen LogP contribution in [0.3, 0.4) is 0 Å². The number of rotatable bonds is 2. The maximum atomic E-state index is 9.53. The number of aliphatic imine (C=N–C) groups is 2. The monoisotopic (exact) mass is 188 g/mol. The van der Waals surface area contributed by atoms with Gasteiger partial charge in [-0.25, -0.2) is 9.98 Å². The Kier molecular flexibility index (Phi) is 3.18. The van der Waals surface area contributed by atoms with Crippen LogP contribution in [0.25, 0.3) is 0 Å². The minimum atomic E-state index is 0.139. The van der Waals surface area contributed by atoms with E-state index < -0.39 is 0 Å². The maximum Gasteiger partial charge on any atom is 0.162 e. The van der Waals surface area contributed by atoms with Crippen LogP contribution in [-0.2, 0) is 0 Å². The van der Waals surface area contributed by atoms with Gasteiger partial charge in [0.05, 0.1) is 5.56 Å². The number of benzene rings is 1. The lowest BCUT2D eigenvalue weighted by atomic mass is 10.2. The zero-order chi connectivity index (χ0) is 10.6. The third-order valence-electron chi connectivity index (χ3n) is 1.59. The van der Waals surface area contributed by atoms with Gasteiger partial charge in [-0.3, -0.25) is 0 Å². The van der Waals surface area contributed by atoms with Gasteiger partial charge >= 0.3 is 0 Å². The minimum absolute atomic E-state index is 0.139. The van der Waals surface area contributed by atoms with Crippen molar-refractivity contribution in [1.82, 2.24) is 0 Å². The first-order chi connectivity index (χ1) is 6.65. The molecule has 0 aliphatic rings. The van der Waals surface area contributed by atoms with Gasteiger partial charge in [-0.1, -0.05) is 18.7 Å². The fourth-order valence-corrected chi connectivity index (χ4v) is 1.02. The fraction of sp³-hybridized carbons (Fsp3) is 0.0909.